The lowest BCUT2D eigenvalue weighted by atomic mass is 9.49. The average Bonchev–Trinajstić information content (AvgIpc) is 3.15. The van der Waals surface area contributed by atoms with E-state index in [9.17, 15) is 14.3 Å². The SMILES string of the molecule is CC1C[C@H](C)CC2(COc3cc(F)c(SC4CCCC4C(=O)O)cc3Cl)C[C@@H](C1)[C@@H]2C. The van der Waals surface area contributed by atoms with Crippen molar-refractivity contribution in [1.82, 2.24) is 0 Å². The molecule has 1 N–H and O–H groups in total. The van der Waals surface area contributed by atoms with Crippen LogP contribution in [0.1, 0.15) is 65.7 Å². The number of ether oxygens (including phenoxy) is 1. The van der Waals surface area contributed by atoms with Crippen LogP contribution < -0.4 is 4.74 Å². The summed E-state index contributed by atoms with van der Waals surface area (Å²) in [7, 11) is 0. The lowest BCUT2D eigenvalue weighted by molar-refractivity contribution is -0.141. The van der Waals surface area contributed by atoms with Crippen molar-refractivity contribution >= 4 is 29.3 Å². The number of aliphatic carboxylic acids is 1. The van der Waals surface area contributed by atoms with Crippen molar-refractivity contribution in [3.63, 3.8) is 0 Å². The lowest BCUT2D eigenvalue weighted by Crippen LogP contribution is -2.52. The molecule has 4 aliphatic rings. The highest BCUT2D eigenvalue weighted by Gasteiger charge is 2.53. The molecule has 0 radical (unpaired) electrons. The first-order valence-electron chi connectivity index (χ1n) is 11.7. The second-order valence-corrected chi connectivity index (χ2v) is 12.2. The molecule has 0 amide bonds. The van der Waals surface area contributed by atoms with E-state index in [-0.39, 0.29) is 16.5 Å². The van der Waals surface area contributed by atoms with Crippen molar-refractivity contribution in [1.29, 1.82) is 0 Å². The van der Waals surface area contributed by atoms with E-state index in [1.165, 1.54) is 37.1 Å². The first kappa shape index (κ1) is 23.2. The molecule has 31 heavy (non-hydrogen) atoms. The summed E-state index contributed by atoms with van der Waals surface area (Å²) >= 11 is 7.78. The summed E-state index contributed by atoms with van der Waals surface area (Å²) in [6.07, 6.45) is 7.22. The molecule has 4 unspecified atom stereocenters. The van der Waals surface area contributed by atoms with Gasteiger partial charge in [-0.1, -0.05) is 38.8 Å². The molecule has 1 aromatic carbocycles. The third-order valence-electron chi connectivity index (χ3n) is 8.16. The van der Waals surface area contributed by atoms with Crippen molar-refractivity contribution < 1.29 is 19.0 Å². The van der Waals surface area contributed by atoms with Crippen LogP contribution in [-0.2, 0) is 4.79 Å². The Morgan fingerprint density at radius 1 is 1.23 bits per heavy atom. The van der Waals surface area contributed by atoms with Gasteiger partial charge < -0.3 is 9.84 Å². The standard InChI is InChI=1S/C25H34ClFO3S/c1-14-7-15(2)11-25(12-17(8-14)16(25)3)13-30-21-10-20(27)23(9-19(21)26)31-22-6-4-5-18(22)24(28)29/h9-10,14-18,22H,4-8,11-13H2,1-3H3,(H,28,29)/t14?,15-,16-,17+,18?,22?,25?/m0/s1. The molecule has 4 fully saturated rings. The summed E-state index contributed by atoms with van der Waals surface area (Å²) in [6, 6.07) is 3.00. The third-order valence-corrected chi connectivity index (χ3v) is 9.89. The van der Waals surface area contributed by atoms with Crippen molar-refractivity contribution in [3.8, 4) is 5.75 Å². The first-order chi connectivity index (χ1) is 14.7. The molecule has 1 aromatic rings. The van der Waals surface area contributed by atoms with E-state index in [0.717, 1.165) is 31.1 Å². The second-order valence-electron chi connectivity index (χ2n) is 10.5. The smallest absolute Gasteiger partial charge is 0.307 e. The molecule has 2 bridgehead atoms. The predicted molar refractivity (Wildman–Crippen MR) is 123 cm³/mol. The summed E-state index contributed by atoms with van der Waals surface area (Å²) in [5.74, 6) is 1.65. The Bertz CT molecular complexity index is 833. The molecule has 6 heteroatoms. The van der Waals surface area contributed by atoms with Gasteiger partial charge in [0.05, 0.1) is 17.5 Å². The van der Waals surface area contributed by atoms with E-state index in [2.05, 4.69) is 20.8 Å². The van der Waals surface area contributed by atoms with E-state index in [0.29, 0.717) is 40.5 Å². The van der Waals surface area contributed by atoms with E-state index in [1.807, 2.05) is 0 Å². The quantitative estimate of drug-likeness (QED) is 0.475. The Hall–Kier alpha value is -0.940. The molecule has 7 atom stereocenters. The number of carboxylic acids is 1. The summed E-state index contributed by atoms with van der Waals surface area (Å²) < 4.78 is 21.0. The van der Waals surface area contributed by atoms with Gasteiger partial charge in [-0.15, -0.1) is 11.8 Å². The number of thioether (sulfide) groups is 1. The number of carbonyl (C=O) groups is 1. The Labute approximate surface area is 194 Å². The highest BCUT2D eigenvalue weighted by Crippen LogP contribution is 2.59. The molecule has 0 spiro atoms. The van der Waals surface area contributed by atoms with Crippen LogP contribution in [0.4, 0.5) is 4.39 Å². The minimum absolute atomic E-state index is 0.111. The Morgan fingerprint density at radius 2 is 2.00 bits per heavy atom. The fraction of sp³-hybridized carbons (Fsp3) is 0.720. The van der Waals surface area contributed by atoms with Gasteiger partial charge in [0.1, 0.15) is 11.6 Å². The monoisotopic (exact) mass is 468 g/mol. The van der Waals surface area contributed by atoms with Crippen LogP contribution in [0.3, 0.4) is 0 Å². The van der Waals surface area contributed by atoms with Gasteiger partial charge in [-0.2, -0.15) is 0 Å². The Morgan fingerprint density at radius 3 is 2.71 bits per heavy atom. The van der Waals surface area contributed by atoms with Crippen molar-refractivity contribution in [2.24, 2.45) is 35.0 Å². The highest BCUT2D eigenvalue weighted by atomic mass is 35.5. The van der Waals surface area contributed by atoms with Crippen LogP contribution in [0.2, 0.25) is 5.02 Å². The van der Waals surface area contributed by atoms with Crippen LogP contribution >= 0.6 is 23.4 Å². The number of carboxylic acid groups (broad SMARTS) is 1. The number of fused-ring (bicyclic) bond motifs is 4. The largest absolute Gasteiger partial charge is 0.491 e. The van der Waals surface area contributed by atoms with Crippen molar-refractivity contribution in [2.45, 2.75) is 75.9 Å². The molecule has 4 aliphatic carbocycles. The summed E-state index contributed by atoms with van der Waals surface area (Å²) in [4.78, 5) is 11.9. The zero-order chi connectivity index (χ0) is 22.3. The van der Waals surface area contributed by atoms with Crippen LogP contribution in [0, 0.1) is 40.8 Å². The molecular formula is C25H34ClFO3S. The molecule has 4 saturated carbocycles. The van der Waals surface area contributed by atoms with Gasteiger partial charge in [-0.25, -0.2) is 4.39 Å². The maximum Gasteiger partial charge on any atom is 0.307 e. The van der Waals surface area contributed by atoms with Crippen LogP contribution in [0.25, 0.3) is 0 Å². The molecule has 0 aliphatic heterocycles. The van der Waals surface area contributed by atoms with E-state index in [1.54, 1.807) is 6.07 Å². The molecule has 3 nitrogen and oxygen atoms in total. The van der Waals surface area contributed by atoms with Gasteiger partial charge in [0.15, 0.2) is 0 Å². The number of hydrogen-bond acceptors (Lipinski definition) is 3. The van der Waals surface area contributed by atoms with Gasteiger partial charge in [-0.3, -0.25) is 4.79 Å². The molecule has 0 heterocycles. The Kier molecular flexibility index (Phi) is 6.84. The normalized spacial score (nSPS) is 37.6. The zero-order valence-corrected chi connectivity index (χ0v) is 20.3. The fourth-order valence-corrected chi connectivity index (χ4v) is 8.22. The average molecular weight is 469 g/mol. The van der Waals surface area contributed by atoms with E-state index >= 15 is 0 Å². The van der Waals surface area contributed by atoms with Gasteiger partial charge in [0.25, 0.3) is 0 Å². The molecular weight excluding hydrogens is 435 g/mol. The maximum atomic E-state index is 14.9. The van der Waals surface area contributed by atoms with Gasteiger partial charge in [0, 0.05) is 21.6 Å². The fourth-order valence-electron chi connectivity index (χ4n) is 6.55. The molecule has 5 rings (SSSR count). The van der Waals surface area contributed by atoms with Gasteiger partial charge >= 0.3 is 5.97 Å². The van der Waals surface area contributed by atoms with Crippen molar-refractivity contribution in [2.75, 3.05) is 6.61 Å². The third kappa shape index (κ3) is 4.73. The number of hydrogen-bond donors (Lipinski definition) is 1. The minimum Gasteiger partial charge on any atom is -0.491 e. The topological polar surface area (TPSA) is 46.5 Å². The summed E-state index contributed by atoms with van der Waals surface area (Å²) in [6.45, 7) is 7.65. The number of halogens is 2. The summed E-state index contributed by atoms with van der Waals surface area (Å²) in [5, 5.41) is 9.68. The van der Waals surface area contributed by atoms with Gasteiger partial charge in [-0.05, 0) is 68.3 Å². The van der Waals surface area contributed by atoms with E-state index in [4.69, 9.17) is 16.3 Å². The Balaban J connectivity index is 1.44. The van der Waals surface area contributed by atoms with Gasteiger partial charge in [0.2, 0.25) is 0 Å². The minimum atomic E-state index is -0.795. The molecule has 172 valence electrons. The van der Waals surface area contributed by atoms with E-state index < -0.39 is 11.9 Å². The molecule has 0 aromatic heterocycles. The first-order valence-corrected chi connectivity index (χ1v) is 13.0. The van der Waals surface area contributed by atoms with Crippen molar-refractivity contribution in [3.05, 3.63) is 23.0 Å². The molecule has 0 saturated heterocycles. The highest BCUT2D eigenvalue weighted by molar-refractivity contribution is 8.00. The lowest BCUT2D eigenvalue weighted by Gasteiger charge is -2.57. The maximum absolute atomic E-state index is 14.9. The summed E-state index contributed by atoms with van der Waals surface area (Å²) in [5.41, 5.74) is 0.163. The number of rotatable bonds is 6. The zero-order valence-electron chi connectivity index (χ0n) is 18.7. The second kappa shape index (κ2) is 9.13. The predicted octanol–water partition coefficient (Wildman–Crippen LogP) is 7.30. The van der Waals surface area contributed by atoms with Crippen LogP contribution in [0.15, 0.2) is 17.0 Å². The number of benzene rings is 1. The van der Waals surface area contributed by atoms with Crippen LogP contribution in [0.5, 0.6) is 5.75 Å². The van der Waals surface area contributed by atoms with Crippen LogP contribution in [-0.4, -0.2) is 22.9 Å².